The second-order valence-electron chi connectivity index (χ2n) is 5.91. The van der Waals surface area contributed by atoms with Gasteiger partial charge in [0, 0.05) is 32.8 Å². The van der Waals surface area contributed by atoms with Gasteiger partial charge >= 0.3 is 0 Å². The van der Waals surface area contributed by atoms with Crippen molar-refractivity contribution in [3.8, 4) is 0 Å². The van der Waals surface area contributed by atoms with Gasteiger partial charge in [-0.3, -0.25) is 9.78 Å². The summed E-state index contributed by atoms with van der Waals surface area (Å²) in [6, 6.07) is 18.7. The summed E-state index contributed by atoms with van der Waals surface area (Å²) in [6.45, 7) is 1.56. The van der Waals surface area contributed by atoms with E-state index < -0.39 is 0 Å². The van der Waals surface area contributed by atoms with Gasteiger partial charge in [0.1, 0.15) is 0 Å². The van der Waals surface area contributed by atoms with Gasteiger partial charge in [0.2, 0.25) is 0 Å². The van der Waals surface area contributed by atoms with Gasteiger partial charge in [0.25, 0.3) is 0 Å². The lowest BCUT2D eigenvalue weighted by Gasteiger charge is -2.09. The van der Waals surface area contributed by atoms with Gasteiger partial charge in [-0.05, 0) is 55.5 Å². The molecule has 2 aromatic carbocycles. The number of pyridine rings is 1. The molecule has 3 N–H and O–H groups in total. The summed E-state index contributed by atoms with van der Waals surface area (Å²) in [5.41, 5.74) is 9.15. The molecule has 0 spiro atoms. The molecule has 3 rings (SSSR count). The minimum absolute atomic E-state index is 0.0316. The number of nitrogens with zero attached hydrogens (tertiary/aromatic N) is 1. The van der Waals surface area contributed by atoms with Crippen molar-refractivity contribution >= 4 is 35.0 Å². The number of rotatable bonds is 6. The fourth-order valence-corrected chi connectivity index (χ4v) is 3.60. The third-order valence-corrected chi connectivity index (χ3v) is 4.98. The van der Waals surface area contributed by atoms with Crippen molar-refractivity contribution in [1.29, 1.82) is 5.41 Å². The van der Waals surface area contributed by atoms with Crippen LogP contribution in [0.1, 0.15) is 28.5 Å². The number of anilines is 1. The number of nitrogen functional groups attached to an aromatic ring is 1. The molecule has 0 radical (unpaired) electrons. The fraction of sp³-hybridized carbons (Fsp3) is 0.0455. The molecule has 0 bridgehead atoms. The molecule has 134 valence electrons. The van der Waals surface area contributed by atoms with E-state index >= 15 is 0 Å². The largest absolute Gasteiger partial charge is 0.398 e. The van der Waals surface area contributed by atoms with Crippen LogP contribution in [0.15, 0.2) is 82.7 Å². The van der Waals surface area contributed by atoms with Crippen LogP contribution in [0.5, 0.6) is 0 Å². The van der Waals surface area contributed by atoms with Crippen LogP contribution in [0.25, 0.3) is 6.08 Å². The van der Waals surface area contributed by atoms with Crippen LogP contribution in [0.3, 0.4) is 0 Å². The summed E-state index contributed by atoms with van der Waals surface area (Å²) in [5, 5.41) is 8.26. The first-order valence-corrected chi connectivity index (χ1v) is 9.21. The highest BCUT2D eigenvalue weighted by Crippen LogP contribution is 2.32. The summed E-state index contributed by atoms with van der Waals surface area (Å²) in [6.07, 6.45) is 5.18. The van der Waals surface area contributed by atoms with E-state index in [1.807, 2.05) is 60.7 Å². The first kappa shape index (κ1) is 18.6. The molecule has 0 saturated carbocycles. The number of allylic oxidation sites excluding steroid dienone is 1. The molecule has 0 aliphatic heterocycles. The number of Topliss-reactive ketones (excluding diaryl/α,β-unsaturated/α-hetero) is 1. The molecule has 27 heavy (non-hydrogen) atoms. The van der Waals surface area contributed by atoms with E-state index in [4.69, 9.17) is 11.1 Å². The summed E-state index contributed by atoms with van der Waals surface area (Å²) < 4.78 is 0. The van der Waals surface area contributed by atoms with Crippen molar-refractivity contribution in [3.05, 3.63) is 89.8 Å². The quantitative estimate of drug-likeness (QED) is 0.358. The maximum Gasteiger partial charge on any atom is 0.160 e. The van der Waals surface area contributed by atoms with Gasteiger partial charge in [-0.25, -0.2) is 0 Å². The maximum atomic E-state index is 11.8. The first-order valence-electron chi connectivity index (χ1n) is 8.40. The van der Waals surface area contributed by atoms with Crippen LogP contribution in [-0.4, -0.2) is 16.5 Å². The zero-order valence-corrected chi connectivity index (χ0v) is 15.7. The van der Waals surface area contributed by atoms with Crippen molar-refractivity contribution in [2.24, 2.45) is 0 Å². The minimum Gasteiger partial charge on any atom is -0.398 e. The first-order chi connectivity index (χ1) is 13.0. The summed E-state index contributed by atoms with van der Waals surface area (Å²) in [5.74, 6) is 0.0316. The zero-order valence-electron chi connectivity index (χ0n) is 14.8. The molecule has 4 nitrogen and oxygen atoms in total. The lowest BCUT2D eigenvalue weighted by Crippen LogP contribution is -2.01. The number of carbonyl (C=O) groups is 1. The number of hydrogen-bond acceptors (Lipinski definition) is 5. The molecule has 3 aromatic rings. The topological polar surface area (TPSA) is 79.8 Å². The highest BCUT2D eigenvalue weighted by molar-refractivity contribution is 7.99. The third-order valence-electron chi connectivity index (χ3n) is 3.92. The lowest BCUT2D eigenvalue weighted by molar-refractivity contribution is 0.101. The summed E-state index contributed by atoms with van der Waals surface area (Å²) in [4.78, 5) is 17.8. The van der Waals surface area contributed by atoms with Gasteiger partial charge in [0.05, 0.1) is 11.4 Å². The van der Waals surface area contributed by atoms with E-state index in [-0.39, 0.29) is 5.78 Å². The molecule has 0 atom stereocenters. The predicted octanol–water partition coefficient (Wildman–Crippen LogP) is 5.10. The molecule has 1 heterocycles. The fourth-order valence-electron chi connectivity index (χ4n) is 2.56. The monoisotopic (exact) mass is 373 g/mol. The minimum atomic E-state index is 0.0316. The standard InChI is InChI=1S/C22H19N3OS/c1-15(26)18-7-2-3-8-22(18)27-17-10-11-19(21(24)14-17)20(23)12-9-16-6-4-5-13-25-16/h2-14,23H,24H2,1H3/b12-9+,23-20?. The molecule has 0 unspecified atom stereocenters. The molecule has 0 saturated heterocycles. The van der Waals surface area contributed by atoms with Gasteiger partial charge in [-0.2, -0.15) is 0 Å². The summed E-state index contributed by atoms with van der Waals surface area (Å²) >= 11 is 1.49. The number of nitrogens with two attached hydrogens (primary N) is 1. The van der Waals surface area contributed by atoms with Crippen molar-refractivity contribution in [2.75, 3.05) is 5.73 Å². The predicted molar refractivity (Wildman–Crippen MR) is 112 cm³/mol. The Morgan fingerprint density at radius 3 is 2.56 bits per heavy atom. The van der Waals surface area contributed by atoms with Crippen molar-refractivity contribution in [1.82, 2.24) is 4.98 Å². The van der Waals surface area contributed by atoms with E-state index in [9.17, 15) is 4.79 Å². The van der Waals surface area contributed by atoms with Crippen molar-refractivity contribution in [2.45, 2.75) is 16.7 Å². The Morgan fingerprint density at radius 2 is 1.85 bits per heavy atom. The van der Waals surface area contributed by atoms with Crippen LogP contribution >= 0.6 is 11.8 Å². The van der Waals surface area contributed by atoms with Crippen LogP contribution in [0, 0.1) is 5.41 Å². The van der Waals surface area contributed by atoms with E-state index in [1.165, 1.54) is 11.8 Å². The Labute approximate surface area is 162 Å². The molecule has 1 aromatic heterocycles. The molecule has 0 aliphatic carbocycles. The summed E-state index contributed by atoms with van der Waals surface area (Å²) in [7, 11) is 0. The third kappa shape index (κ3) is 4.71. The smallest absolute Gasteiger partial charge is 0.160 e. The Balaban J connectivity index is 1.79. The molecule has 0 aliphatic rings. The van der Waals surface area contributed by atoms with E-state index in [1.54, 1.807) is 25.3 Å². The number of hydrogen-bond donors (Lipinski definition) is 2. The van der Waals surface area contributed by atoms with Crippen LogP contribution in [0.4, 0.5) is 5.69 Å². The Hall–Kier alpha value is -3.18. The normalized spacial score (nSPS) is 10.9. The Kier molecular flexibility index (Phi) is 5.84. The highest BCUT2D eigenvalue weighted by atomic mass is 32.2. The van der Waals surface area contributed by atoms with E-state index in [2.05, 4.69) is 4.98 Å². The second-order valence-corrected chi connectivity index (χ2v) is 7.02. The van der Waals surface area contributed by atoms with Crippen LogP contribution < -0.4 is 5.73 Å². The molecule has 0 fully saturated rings. The lowest BCUT2D eigenvalue weighted by atomic mass is 10.1. The van der Waals surface area contributed by atoms with Gasteiger partial charge in [-0.15, -0.1) is 0 Å². The zero-order chi connectivity index (χ0) is 19.2. The number of benzene rings is 2. The number of nitrogens with one attached hydrogen (secondary N) is 1. The molecular formula is C22H19N3OS. The molecule has 0 amide bonds. The molecular weight excluding hydrogens is 354 g/mol. The van der Waals surface area contributed by atoms with Crippen molar-refractivity contribution < 1.29 is 4.79 Å². The van der Waals surface area contributed by atoms with Gasteiger partial charge in [-0.1, -0.05) is 36.0 Å². The van der Waals surface area contributed by atoms with E-state index in [0.717, 1.165) is 15.5 Å². The second kappa shape index (κ2) is 8.47. The van der Waals surface area contributed by atoms with Crippen LogP contribution in [-0.2, 0) is 0 Å². The van der Waals surface area contributed by atoms with Crippen LogP contribution in [0.2, 0.25) is 0 Å². The molecule has 5 heteroatoms. The van der Waals surface area contributed by atoms with Gasteiger partial charge in [0.15, 0.2) is 5.78 Å². The average Bonchev–Trinajstić information content (AvgIpc) is 2.67. The highest BCUT2D eigenvalue weighted by Gasteiger charge is 2.10. The Morgan fingerprint density at radius 1 is 1.07 bits per heavy atom. The maximum absolute atomic E-state index is 11.8. The van der Waals surface area contributed by atoms with Gasteiger partial charge < -0.3 is 11.1 Å². The number of ketones is 1. The van der Waals surface area contributed by atoms with Crippen molar-refractivity contribution in [3.63, 3.8) is 0 Å². The average molecular weight is 373 g/mol. The SMILES string of the molecule is CC(=O)c1ccccc1Sc1ccc(C(=N)/C=C/c2ccccn2)c(N)c1. The number of carbonyl (C=O) groups excluding carboxylic acids is 1. The van der Waals surface area contributed by atoms with E-state index in [0.29, 0.717) is 22.5 Å². The Bertz CT molecular complexity index is 1010. The number of aromatic nitrogens is 1.